The molecular formula is C27H26NO5P. The second-order valence-corrected chi connectivity index (χ2v) is 9.66. The first-order valence-electron chi connectivity index (χ1n) is 10.9. The van der Waals surface area contributed by atoms with Gasteiger partial charge in [0.25, 0.3) is 5.91 Å². The summed E-state index contributed by atoms with van der Waals surface area (Å²) >= 11 is 0. The maximum atomic E-state index is 13.1. The predicted octanol–water partition coefficient (Wildman–Crippen LogP) is 2.90. The zero-order valence-corrected chi connectivity index (χ0v) is 20.0. The minimum Gasteiger partial charge on any atom is -0.465 e. The maximum Gasteiger partial charge on any atom is 0.338 e. The SMILES string of the molecule is CCC(=O)[C@H](CC=O)NC(=O)c1ccc(C(=O)OC)c(P(c2ccccc2)c2ccccc2)c1. The van der Waals surface area contributed by atoms with Crippen LogP contribution in [0.3, 0.4) is 0 Å². The van der Waals surface area contributed by atoms with E-state index >= 15 is 0 Å². The summed E-state index contributed by atoms with van der Waals surface area (Å²) in [7, 11) is 0.127. The Balaban J connectivity index is 2.13. The topological polar surface area (TPSA) is 89.5 Å². The van der Waals surface area contributed by atoms with Crippen LogP contribution in [0.4, 0.5) is 0 Å². The molecule has 0 radical (unpaired) electrons. The van der Waals surface area contributed by atoms with E-state index in [2.05, 4.69) is 5.32 Å². The van der Waals surface area contributed by atoms with Crippen LogP contribution >= 0.6 is 7.92 Å². The molecule has 0 heterocycles. The highest BCUT2D eigenvalue weighted by Gasteiger charge is 2.26. The summed E-state index contributed by atoms with van der Waals surface area (Å²) in [5.41, 5.74) is 0.661. The number of rotatable bonds is 10. The molecule has 0 aliphatic carbocycles. The highest BCUT2D eigenvalue weighted by Crippen LogP contribution is 2.34. The average molecular weight is 475 g/mol. The monoisotopic (exact) mass is 475 g/mol. The molecule has 7 heteroatoms. The summed E-state index contributed by atoms with van der Waals surface area (Å²) in [4.78, 5) is 48.9. The van der Waals surface area contributed by atoms with Gasteiger partial charge in [-0.05, 0) is 36.7 Å². The van der Waals surface area contributed by atoms with E-state index in [0.717, 1.165) is 10.6 Å². The van der Waals surface area contributed by atoms with E-state index in [1.54, 1.807) is 19.1 Å². The van der Waals surface area contributed by atoms with Crippen molar-refractivity contribution < 1.29 is 23.9 Å². The van der Waals surface area contributed by atoms with Gasteiger partial charge < -0.3 is 14.8 Å². The molecule has 1 amide bonds. The minimum atomic E-state index is -1.19. The van der Waals surface area contributed by atoms with E-state index in [0.29, 0.717) is 22.7 Å². The molecule has 0 unspecified atom stereocenters. The fourth-order valence-electron chi connectivity index (χ4n) is 3.58. The van der Waals surface area contributed by atoms with Crippen LogP contribution in [0.2, 0.25) is 0 Å². The number of methoxy groups -OCH3 is 1. The number of esters is 1. The van der Waals surface area contributed by atoms with Crippen molar-refractivity contribution in [3.63, 3.8) is 0 Å². The quantitative estimate of drug-likeness (QED) is 0.277. The first kappa shape index (κ1) is 25.0. The van der Waals surface area contributed by atoms with Crippen LogP contribution in [0.15, 0.2) is 78.9 Å². The molecular weight excluding hydrogens is 449 g/mol. The van der Waals surface area contributed by atoms with Gasteiger partial charge >= 0.3 is 5.97 Å². The Morgan fingerprint density at radius 1 is 0.941 bits per heavy atom. The standard InChI is InChI=1S/C27H26NO5P/c1-3-24(30)23(16-17-29)28-26(31)19-14-15-22(27(32)33-2)25(18-19)34(20-10-6-4-7-11-20)21-12-8-5-9-13-21/h4-15,17-18,23H,3,16H2,1-2H3,(H,28,31)/t23-/m0/s1. The van der Waals surface area contributed by atoms with Crippen molar-refractivity contribution in [2.45, 2.75) is 25.8 Å². The van der Waals surface area contributed by atoms with E-state index in [1.807, 2.05) is 60.7 Å². The molecule has 0 aliphatic rings. The van der Waals surface area contributed by atoms with Crippen LogP contribution in [-0.4, -0.2) is 37.1 Å². The molecule has 0 bridgehead atoms. The van der Waals surface area contributed by atoms with Gasteiger partial charge in [0.15, 0.2) is 5.78 Å². The van der Waals surface area contributed by atoms with Crippen molar-refractivity contribution in [2.24, 2.45) is 0 Å². The number of carbonyl (C=O) groups excluding carboxylic acids is 4. The molecule has 0 aromatic heterocycles. The van der Waals surface area contributed by atoms with Crippen LogP contribution < -0.4 is 21.2 Å². The number of ketones is 1. The lowest BCUT2D eigenvalue weighted by Gasteiger charge is -2.22. The number of carbonyl (C=O) groups is 4. The Labute approximate surface area is 200 Å². The van der Waals surface area contributed by atoms with Gasteiger partial charge in [-0.15, -0.1) is 0 Å². The van der Waals surface area contributed by atoms with Crippen molar-refractivity contribution in [1.29, 1.82) is 0 Å². The number of hydrogen-bond donors (Lipinski definition) is 1. The van der Waals surface area contributed by atoms with E-state index < -0.39 is 25.8 Å². The lowest BCUT2D eigenvalue weighted by molar-refractivity contribution is -0.122. The van der Waals surface area contributed by atoms with Crippen molar-refractivity contribution in [1.82, 2.24) is 5.32 Å². The van der Waals surface area contributed by atoms with E-state index in [1.165, 1.54) is 13.2 Å². The minimum absolute atomic E-state index is 0.0910. The predicted molar refractivity (Wildman–Crippen MR) is 134 cm³/mol. The lowest BCUT2D eigenvalue weighted by Crippen LogP contribution is -2.41. The molecule has 3 rings (SSSR count). The van der Waals surface area contributed by atoms with Crippen molar-refractivity contribution in [3.05, 3.63) is 90.0 Å². The van der Waals surface area contributed by atoms with Crippen LogP contribution in [-0.2, 0) is 14.3 Å². The fraction of sp³-hybridized carbons (Fsp3) is 0.185. The second kappa shape index (κ2) is 12.0. The molecule has 3 aromatic rings. The highest BCUT2D eigenvalue weighted by molar-refractivity contribution is 7.80. The third kappa shape index (κ3) is 5.83. The molecule has 0 saturated carbocycles. The third-order valence-corrected chi connectivity index (χ3v) is 7.79. The molecule has 0 aliphatic heterocycles. The Morgan fingerprint density at radius 2 is 1.53 bits per heavy atom. The molecule has 3 aromatic carbocycles. The number of hydrogen-bond acceptors (Lipinski definition) is 5. The molecule has 0 spiro atoms. The third-order valence-electron chi connectivity index (χ3n) is 5.31. The van der Waals surface area contributed by atoms with Gasteiger partial charge in [0.1, 0.15) is 6.29 Å². The lowest BCUT2D eigenvalue weighted by atomic mass is 10.1. The number of nitrogens with one attached hydrogen (secondary N) is 1. The van der Waals surface area contributed by atoms with Crippen LogP contribution in [0.25, 0.3) is 0 Å². The zero-order valence-electron chi connectivity index (χ0n) is 19.1. The van der Waals surface area contributed by atoms with Crippen molar-refractivity contribution in [2.75, 3.05) is 7.11 Å². The Kier molecular flexibility index (Phi) is 8.83. The van der Waals surface area contributed by atoms with E-state index in [9.17, 15) is 19.2 Å². The van der Waals surface area contributed by atoms with Gasteiger partial charge in [-0.1, -0.05) is 67.6 Å². The first-order valence-corrected chi connectivity index (χ1v) is 12.2. The largest absolute Gasteiger partial charge is 0.465 e. The molecule has 0 saturated heterocycles. The summed E-state index contributed by atoms with van der Waals surface area (Å²) in [5, 5.41) is 5.34. The zero-order chi connectivity index (χ0) is 24.5. The molecule has 0 fully saturated rings. The molecule has 1 N–H and O–H groups in total. The summed E-state index contributed by atoms with van der Waals surface area (Å²) in [6.07, 6.45) is 0.735. The second-order valence-electron chi connectivity index (χ2n) is 7.48. The van der Waals surface area contributed by atoms with E-state index in [-0.39, 0.29) is 18.6 Å². The number of ether oxygens (including phenoxy) is 1. The highest BCUT2D eigenvalue weighted by atomic mass is 31.1. The average Bonchev–Trinajstić information content (AvgIpc) is 2.88. The Bertz CT molecular complexity index is 1120. The maximum absolute atomic E-state index is 13.1. The molecule has 34 heavy (non-hydrogen) atoms. The molecule has 6 nitrogen and oxygen atoms in total. The normalized spacial score (nSPS) is 11.5. The molecule has 1 atom stereocenters. The first-order chi connectivity index (χ1) is 16.5. The summed E-state index contributed by atoms with van der Waals surface area (Å²) in [6, 6.07) is 23.4. The Hall–Kier alpha value is -3.63. The number of benzene rings is 3. The molecule has 174 valence electrons. The summed E-state index contributed by atoms with van der Waals surface area (Å²) in [6.45, 7) is 1.68. The fourth-order valence-corrected chi connectivity index (χ4v) is 6.05. The van der Waals surface area contributed by atoms with Crippen LogP contribution in [0.1, 0.15) is 40.5 Å². The Morgan fingerprint density at radius 3 is 2.03 bits per heavy atom. The van der Waals surface area contributed by atoms with Crippen molar-refractivity contribution in [3.8, 4) is 0 Å². The van der Waals surface area contributed by atoms with Crippen LogP contribution in [0.5, 0.6) is 0 Å². The van der Waals surface area contributed by atoms with E-state index in [4.69, 9.17) is 4.74 Å². The van der Waals surface area contributed by atoms with Crippen LogP contribution in [0, 0.1) is 0 Å². The number of amides is 1. The summed E-state index contributed by atoms with van der Waals surface area (Å²) < 4.78 is 5.03. The van der Waals surface area contributed by atoms with Gasteiger partial charge in [-0.25, -0.2) is 4.79 Å². The van der Waals surface area contributed by atoms with Gasteiger partial charge in [-0.2, -0.15) is 0 Å². The number of Topliss-reactive ketones (excluding diaryl/α,β-unsaturated/α-hetero) is 1. The van der Waals surface area contributed by atoms with Gasteiger partial charge in [0.05, 0.1) is 18.7 Å². The van der Waals surface area contributed by atoms with Gasteiger partial charge in [0, 0.05) is 23.7 Å². The van der Waals surface area contributed by atoms with Crippen molar-refractivity contribution >= 4 is 47.8 Å². The van der Waals surface area contributed by atoms with Gasteiger partial charge in [0.2, 0.25) is 0 Å². The summed E-state index contributed by atoms with van der Waals surface area (Å²) in [5.74, 6) is -1.20. The smallest absolute Gasteiger partial charge is 0.338 e. The number of aldehydes is 1. The van der Waals surface area contributed by atoms with Gasteiger partial charge in [-0.3, -0.25) is 9.59 Å².